The van der Waals surface area contributed by atoms with Crippen LogP contribution in [0.25, 0.3) is 0 Å². The predicted octanol–water partition coefficient (Wildman–Crippen LogP) is 3.25. The van der Waals surface area contributed by atoms with Crippen molar-refractivity contribution in [2.75, 3.05) is 31.5 Å². The number of piperazine rings is 1. The molecule has 2 aliphatic rings. The third-order valence-electron chi connectivity index (χ3n) is 6.01. The van der Waals surface area contributed by atoms with Gasteiger partial charge in [-0.3, -0.25) is 9.59 Å². The molecule has 2 fully saturated rings. The fraction of sp³-hybridized carbons (Fsp3) is 0.435. The van der Waals surface area contributed by atoms with Crippen LogP contribution in [0.15, 0.2) is 41.0 Å². The summed E-state index contributed by atoms with van der Waals surface area (Å²) >= 11 is 0. The lowest BCUT2D eigenvalue weighted by Crippen LogP contribution is -2.51. The molecular weight excluding hydrogens is 396 g/mol. The van der Waals surface area contributed by atoms with Crippen molar-refractivity contribution < 1.29 is 18.8 Å². The Hall–Kier alpha value is -3.29. The molecule has 1 aromatic carbocycles. The molecule has 0 radical (unpaired) electrons. The van der Waals surface area contributed by atoms with Gasteiger partial charge in [0.05, 0.1) is 6.26 Å². The minimum Gasteiger partial charge on any atom is -0.459 e. The van der Waals surface area contributed by atoms with Crippen molar-refractivity contribution >= 4 is 23.5 Å². The van der Waals surface area contributed by atoms with Gasteiger partial charge in [0, 0.05) is 43.5 Å². The number of carbonyl (C=O) groups is 3. The molecule has 2 N–H and O–H groups in total. The fourth-order valence-corrected chi connectivity index (χ4v) is 4.15. The number of amides is 4. The zero-order chi connectivity index (χ0) is 21.8. The Morgan fingerprint density at radius 2 is 1.71 bits per heavy atom. The molecule has 1 saturated heterocycles. The van der Waals surface area contributed by atoms with Crippen LogP contribution in [-0.4, -0.2) is 59.9 Å². The van der Waals surface area contributed by atoms with Gasteiger partial charge in [0.25, 0.3) is 11.8 Å². The second-order valence-electron chi connectivity index (χ2n) is 8.17. The van der Waals surface area contributed by atoms with Crippen LogP contribution >= 0.6 is 0 Å². The molecule has 0 unspecified atom stereocenters. The summed E-state index contributed by atoms with van der Waals surface area (Å²) in [4.78, 5) is 40.9. The van der Waals surface area contributed by atoms with Gasteiger partial charge in [-0.05, 0) is 55.7 Å². The maximum Gasteiger partial charge on any atom is 0.321 e. The molecule has 31 heavy (non-hydrogen) atoms. The number of hydrogen-bond acceptors (Lipinski definition) is 4. The molecule has 0 atom stereocenters. The fourth-order valence-electron chi connectivity index (χ4n) is 4.15. The molecule has 0 spiro atoms. The molecule has 8 heteroatoms. The second-order valence-corrected chi connectivity index (χ2v) is 8.17. The normalized spacial score (nSPS) is 16.9. The molecular formula is C23H28N4O4. The van der Waals surface area contributed by atoms with Crippen LogP contribution in [0.2, 0.25) is 0 Å². The Morgan fingerprint density at radius 1 is 1.00 bits per heavy atom. The van der Waals surface area contributed by atoms with E-state index in [9.17, 15) is 14.4 Å². The van der Waals surface area contributed by atoms with Gasteiger partial charge in [0.2, 0.25) is 0 Å². The Balaban J connectivity index is 1.30. The first-order valence-corrected chi connectivity index (χ1v) is 10.8. The van der Waals surface area contributed by atoms with Crippen molar-refractivity contribution in [2.24, 2.45) is 0 Å². The summed E-state index contributed by atoms with van der Waals surface area (Å²) in [6, 6.07) is 8.70. The number of furan rings is 1. The summed E-state index contributed by atoms with van der Waals surface area (Å²) in [5.74, 6) is 0.0863. The van der Waals surface area contributed by atoms with Gasteiger partial charge in [-0.25, -0.2) is 4.79 Å². The van der Waals surface area contributed by atoms with E-state index in [1.807, 2.05) is 6.92 Å². The van der Waals surface area contributed by atoms with Gasteiger partial charge in [0.15, 0.2) is 5.76 Å². The maximum absolute atomic E-state index is 12.7. The Morgan fingerprint density at radius 3 is 2.35 bits per heavy atom. The summed E-state index contributed by atoms with van der Waals surface area (Å²) in [5, 5.41) is 6.01. The Kier molecular flexibility index (Phi) is 6.25. The van der Waals surface area contributed by atoms with Crippen molar-refractivity contribution in [1.82, 2.24) is 15.1 Å². The molecule has 1 aliphatic heterocycles. The molecule has 2 heterocycles. The van der Waals surface area contributed by atoms with Gasteiger partial charge in [-0.15, -0.1) is 0 Å². The lowest BCUT2D eigenvalue weighted by molar-refractivity contribution is 0.0640. The number of nitrogens with zero attached hydrogens (tertiary/aromatic N) is 2. The molecule has 1 aliphatic carbocycles. The van der Waals surface area contributed by atoms with Crippen molar-refractivity contribution in [1.29, 1.82) is 0 Å². The lowest BCUT2D eigenvalue weighted by atomic mass is 10.1. The van der Waals surface area contributed by atoms with Crippen LogP contribution < -0.4 is 10.6 Å². The summed E-state index contributed by atoms with van der Waals surface area (Å²) in [6.45, 7) is 3.67. The van der Waals surface area contributed by atoms with Crippen molar-refractivity contribution in [2.45, 2.75) is 38.6 Å². The van der Waals surface area contributed by atoms with E-state index in [4.69, 9.17) is 4.42 Å². The lowest BCUT2D eigenvalue weighted by Gasteiger charge is -2.34. The topological polar surface area (TPSA) is 94.9 Å². The summed E-state index contributed by atoms with van der Waals surface area (Å²) in [6.07, 6.45) is 5.89. The van der Waals surface area contributed by atoms with Crippen LogP contribution in [0, 0.1) is 6.92 Å². The number of rotatable bonds is 4. The Bertz CT molecular complexity index is 942. The van der Waals surface area contributed by atoms with Crippen LogP contribution in [0.1, 0.15) is 52.2 Å². The van der Waals surface area contributed by atoms with Crippen LogP contribution in [-0.2, 0) is 0 Å². The van der Waals surface area contributed by atoms with Crippen LogP contribution in [0.4, 0.5) is 10.5 Å². The number of aryl methyl sites for hydroxylation is 1. The molecule has 1 aromatic heterocycles. The third kappa shape index (κ3) is 4.90. The zero-order valence-corrected chi connectivity index (χ0v) is 17.7. The second kappa shape index (κ2) is 9.24. The first-order valence-electron chi connectivity index (χ1n) is 10.8. The molecule has 8 nitrogen and oxygen atoms in total. The summed E-state index contributed by atoms with van der Waals surface area (Å²) in [7, 11) is 0. The number of hydrogen-bond donors (Lipinski definition) is 2. The Labute approximate surface area is 181 Å². The van der Waals surface area contributed by atoms with Gasteiger partial charge in [-0.2, -0.15) is 0 Å². The van der Waals surface area contributed by atoms with Gasteiger partial charge >= 0.3 is 6.03 Å². The maximum atomic E-state index is 12.7. The molecule has 4 rings (SSSR count). The standard InChI is InChI=1S/C23H28N4O4/c1-16-15-17(21(28)24-18-5-2-3-6-18)8-9-19(16)25-23(30)27-12-10-26(11-13-27)22(29)20-7-4-14-31-20/h4,7-9,14-15,18H,2-3,5-6,10-13H2,1H3,(H,24,28)(H,25,30). The number of urea groups is 1. The first kappa shape index (κ1) is 21.0. The molecule has 0 bridgehead atoms. The largest absolute Gasteiger partial charge is 0.459 e. The summed E-state index contributed by atoms with van der Waals surface area (Å²) in [5.41, 5.74) is 2.11. The quantitative estimate of drug-likeness (QED) is 0.788. The van der Waals surface area contributed by atoms with E-state index in [2.05, 4.69) is 10.6 Å². The van der Waals surface area contributed by atoms with E-state index in [0.717, 1.165) is 18.4 Å². The third-order valence-corrected chi connectivity index (χ3v) is 6.01. The van der Waals surface area contributed by atoms with E-state index < -0.39 is 0 Å². The van der Waals surface area contributed by atoms with Crippen molar-refractivity contribution in [3.05, 3.63) is 53.5 Å². The smallest absolute Gasteiger partial charge is 0.321 e. The highest BCUT2D eigenvalue weighted by Crippen LogP contribution is 2.21. The molecule has 2 aromatic rings. The zero-order valence-electron chi connectivity index (χ0n) is 17.7. The highest BCUT2D eigenvalue weighted by Gasteiger charge is 2.26. The molecule has 1 saturated carbocycles. The average molecular weight is 425 g/mol. The minimum absolute atomic E-state index is 0.0646. The SMILES string of the molecule is Cc1cc(C(=O)NC2CCCC2)ccc1NC(=O)N1CCN(C(=O)c2ccco2)CC1. The highest BCUT2D eigenvalue weighted by atomic mass is 16.3. The minimum atomic E-state index is -0.212. The van der Waals surface area contributed by atoms with Gasteiger partial charge in [0.1, 0.15) is 0 Å². The number of nitrogens with one attached hydrogen (secondary N) is 2. The number of benzene rings is 1. The van der Waals surface area contributed by atoms with E-state index in [0.29, 0.717) is 43.2 Å². The van der Waals surface area contributed by atoms with Crippen LogP contribution in [0.3, 0.4) is 0 Å². The number of carbonyl (C=O) groups excluding carboxylic acids is 3. The van der Waals surface area contributed by atoms with E-state index in [1.165, 1.54) is 19.1 Å². The summed E-state index contributed by atoms with van der Waals surface area (Å²) < 4.78 is 5.17. The van der Waals surface area contributed by atoms with E-state index in [1.54, 1.807) is 40.1 Å². The highest BCUT2D eigenvalue weighted by molar-refractivity contribution is 5.96. The molecule has 4 amide bonds. The number of anilines is 1. The van der Waals surface area contributed by atoms with Crippen molar-refractivity contribution in [3.8, 4) is 0 Å². The monoisotopic (exact) mass is 424 g/mol. The van der Waals surface area contributed by atoms with Crippen LogP contribution in [0.5, 0.6) is 0 Å². The van der Waals surface area contributed by atoms with E-state index >= 15 is 0 Å². The van der Waals surface area contributed by atoms with E-state index in [-0.39, 0.29) is 23.9 Å². The predicted molar refractivity (Wildman–Crippen MR) is 116 cm³/mol. The van der Waals surface area contributed by atoms with Crippen molar-refractivity contribution in [3.63, 3.8) is 0 Å². The average Bonchev–Trinajstić information content (AvgIpc) is 3.49. The van der Waals surface area contributed by atoms with Gasteiger partial charge < -0.3 is 24.9 Å². The molecule has 164 valence electrons. The first-order chi connectivity index (χ1) is 15.0. The van der Waals surface area contributed by atoms with Gasteiger partial charge in [-0.1, -0.05) is 12.8 Å².